The van der Waals surface area contributed by atoms with Crippen molar-refractivity contribution in [3.8, 4) is 16.4 Å². The Bertz CT molecular complexity index is 1500. The summed E-state index contributed by atoms with van der Waals surface area (Å²) in [5, 5.41) is 5.83. The number of fused-ring (bicyclic) bond motifs is 3. The zero-order valence-electron chi connectivity index (χ0n) is 18.6. The second-order valence-corrected chi connectivity index (χ2v) is 13.3. The van der Waals surface area contributed by atoms with Crippen molar-refractivity contribution in [3.63, 3.8) is 0 Å². The quantitative estimate of drug-likeness (QED) is 0.189. The number of benzene rings is 2. The molecule has 0 saturated carbocycles. The number of thiol groups is 1. The van der Waals surface area contributed by atoms with E-state index in [4.69, 9.17) is 0 Å². The number of aryl methyl sites for hydroxylation is 2. The third kappa shape index (κ3) is 3.62. The first-order chi connectivity index (χ1) is 15.5. The van der Waals surface area contributed by atoms with Crippen LogP contribution in [0.25, 0.3) is 42.3 Å². The average molecular weight is 489 g/mol. The first-order valence-corrected chi connectivity index (χ1v) is 14.1. The standard InChI is InChI=1S/C28H25PS3/c1-5-20(15-17(2)30)27-25(23-16-18(3)31-19(23)4)26-28(32-27)22-13-9-10-14-24(22)29(26)21-11-7-6-8-12-21/h5-16,30H,1-4H3/b17-15-,20-5-. The van der Waals surface area contributed by atoms with Gasteiger partial charge >= 0.3 is 0 Å². The second-order valence-electron chi connectivity index (χ2n) is 8.03. The van der Waals surface area contributed by atoms with E-state index in [1.807, 2.05) is 22.7 Å². The topological polar surface area (TPSA) is 0 Å². The Hall–Kier alpha value is -2.03. The molecule has 1 unspecified atom stereocenters. The van der Waals surface area contributed by atoms with E-state index in [9.17, 15) is 0 Å². The van der Waals surface area contributed by atoms with Gasteiger partial charge in [-0.15, -0.1) is 35.3 Å². The Morgan fingerprint density at radius 3 is 2.34 bits per heavy atom. The predicted octanol–water partition coefficient (Wildman–Crippen LogP) is 10.6. The van der Waals surface area contributed by atoms with Crippen LogP contribution in [0, 0.1) is 13.8 Å². The molecule has 5 rings (SSSR count). The van der Waals surface area contributed by atoms with E-state index in [1.54, 1.807) is 0 Å². The molecule has 0 radical (unpaired) electrons. The lowest BCUT2D eigenvalue weighted by Crippen LogP contribution is -1.83. The minimum absolute atomic E-state index is 0.601. The Morgan fingerprint density at radius 1 is 0.969 bits per heavy atom. The summed E-state index contributed by atoms with van der Waals surface area (Å²) in [6.07, 6.45) is 4.44. The van der Waals surface area contributed by atoms with Gasteiger partial charge in [0.25, 0.3) is 0 Å². The molecule has 0 N–H and O–H groups in total. The zero-order chi connectivity index (χ0) is 22.4. The fourth-order valence-corrected chi connectivity index (χ4v) is 10.1. The van der Waals surface area contributed by atoms with Gasteiger partial charge in [0.2, 0.25) is 0 Å². The van der Waals surface area contributed by atoms with Gasteiger partial charge in [0.05, 0.1) is 0 Å². The van der Waals surface area contributed by atoms with Crippen LogP contribution in [0.2, 0.25) is 0 Å². The van der Waals surface area contributed by atoms with Crippen molar-refractivity contribution in [1.82, 2.24) is 0 Å². The molecule has 2 aromatic carbocycles. The van der Waals surface area contributed by atoms with E-state index in [0.29, 0.717) is 0 Å². The van der Waals surface area contributed by atoms with Crippen LogP contribution in [0.1, 0.15) is 28.5 Å². The highest BCUT2D eigenvalue weighted by atomic mass is 32.1. The van der Waals surface area contributed by atoms with Crippen molar-refractivity contribution in [2.75, 3.05) is 0 Å². The number of hydrogen-bond acceptors (Lipinski definition) is 3. The summed E-state index contributed by atoms with van der Waals surface area (Å²) in [6, 6.07) is 22.5. The lowest BCUT2D eigenvalue weighted by atomic mass is 10.0. The molecule has 160 valence electrons. The number of thiophene rings is 2. The monoisotopic (exact) mass is 488 g/mol. The Balaban J connectivity index is 2.00. The van der Waals surface area contributed by atoms with E-state index < -0.39 is 7.53 Å². The smallest absolute Gasteiger partial charge is 0.0480 e. The van der Waals surface area contributed by atoms with Crippen LogP contribution in [0.3, 0.4) is 0 Å². The normalized spacial score (nSPS) is 13.5. The van der Waals surface area contributed by atoms with Crippen molar-refractivity contribution in [3.05, 3.63) is 92.4 Å². The third-order valence-corrected chi connectivity index (χ3v) is 10.9. The maximum atomic E-state index is 4.61. The molecule has 4 heteroatoms. The molecule has 0 spiro atoms. The second kappa shape index (κ2) is 8.72. The molecule has 3 aromatic heterocycles. The Labute approximate surface area is 204 Å². The Kier molecular flexibility index (Phi) is 5.94. The van der Waals surface area contributed by atoms with E-state index in [-0.39, 0.29) is 0 Å². The summed E-state index contributed by atoms with van der Waals surface area (Å²) in [4.78, 5) is 5.16. The highest BCUT2D eigenvalue weighted by molar-refractivity contribution is 7.84. The van der Waals surface area contributed by atoms with Crippen molar-refractivity contribution in [2.45, 2.75) is 27.7 Å². The van der Waals surface area contributed by atoms with Gasteiger partial charge in [-0.1, -0.05) is 62.1 Å². The van der Waals surface area contributed by atoms with Crippen LogP contribution in [-0.4, -0.2) is 0 Å². The van der Waals surface area contributed by atoms with Crippen molar-refractivity contribution in [1.29, 1.82) is 0 Å². The minimum atomic E-state index is -0.601. The van der Waals surface area contributed by atoms with Crippen LogP contribution in [-0.2, 0) is 0 Å². The summed E-state index contributed by atoms with van der Waals surface area (Å²) in [5.74, 6) is 0. The largest absolute Gasteiger partial charge is 0.148 e. The van der Waals surface area contributed by atoms with E-state index >= 15 is 0 Å². The van der Waals surface area contributed by atoms with Gasteiger partial charge in [-0.25, -0.2) is 0 Å². The van der Waals surface area contributed by atoms with Crippen LogP contribution < -0.4 is 0 Å². The first-order valence-electron chi connectivity index (χ1n) is 10.7. The maximum absolute atomic E-state index is 4.61. The molecular formula is C28H25PS3. The van der Waals surface area contributed by atoms with E-state index in [0.717, 1.165) is 4.91 Å². The highest BCUT2D eigenvalue weighted by Crippen LogP contribution is 2.62. The molecular weight excluding hydrogens is 463 g/mol. The van der Waals surface area contributed by atoms with Gasteiger partial charge in [0.1, 0.15) is 0 Å². The van der Waals surface area contributed by atoms with Crippen molar-refractivity contribution >= 4 is 68.7 Å². The summed E-state index contributed by atoms with van der Waals surface area (Å²) in [6.45, 7) is 8.68. The maximum Gasteiger partial charge on any atom is 0.0480 e. The van der Waals surface area contributed by atoms with Gasteiger partial charge in [0, 0.05) is 40.5 Å². The summed E-state index contributed by atoms with van der Waals surface area (Å²) in [5.41, 5.74) is 4.08. The van der Waals surface area contributed by atoms with Crippen LogP contribution in [0.4, 0.5) is 0 Å². The molecule has 5 aromatic rings. The fraction of sp³-hybridized carbons (Fsp3) is 0.143. The first kappa shape index (κ1) is 21.8. The fourth-order valence-electron chi connectivity index (χ4n) is 4.48. The van der Waals surface area contributed by atoms with Gasteiger partial charge in [-0.2, -0.15) is 0 Å². The number of hydrogen-bond donors (Lipinski definition) is 1. The van der Waals surface area contributed by atoms with E-state index in [1.165, 1.54) is 57.0 Å². The molecule has 0 nitrogen and oxygen atoms in total. The predicted molar refractivity (Wildman–Crippen MR) is 153 cm³/mol. The number of allylic oxidation sites excluding steroid dienone is 4. The van der Waals surface area contributed by atoms with Crippen molar-refractivity contribution in [2.24, 2.45) is 0 Å². The zero-order valence-corrected chi connectivity index (χ0v) is 22.1. The Morgan fingerprint density at radius 2 is 1.69 bits per heavy atom. The minimum Gasteiger partial charge on any atom is -0.148 e. The molecule has 0 aliphatic carbocycles. The molecule has 32 heavy (non-hydrogen) atoms. The average Bonchev–Trinajstić information content (AvgIpc) is 3.42. The summed E-state index contributed by atoms with van der Waals surface area (Å²) in [7, 11) is -0.601. The lowest BCUT2D eigenvalue weighted by molar-refractivity contribution is 1.59. The molecule has 0 bridgehead atoms. The van der Waals surface area contributed by atoms with Crippen LogP contribution in [0.5, 0.6) is 0 Å². The van der Waals surface area contributed by atoms with Crippen LogP contribution in [0.15, 0.2) is 77.7 Å². The molecule has 0 amide bonds. The SMILES string of the molecule is C/C=C(/C=C(/C)S)c1sc2c3ccccc3p(-c3ccccc3)c2c1-c1cc(C)sc1C. The molecule has 3 heterocycles. The summed E-state index contributed by atoms with van der Waals surface area (Å²) < 4.78 is 1.44. The van der Waals surface area contributed by atoms with Gasteiger partial charge in [-0.05, 0) is 67.2 Å². The third-order valence-electron chi connectivity index (χ3n) is 5.76. The molecule has 0 aliphatic heterocycles. The van der Waals surface area contributed by atoms with Gasteiger partial charge < -0.3 is 0 Å². The van der Waals surface area contributed by atoms with Crippen LogP contribution >= 0.6 is 42.8 Å². The lowest BCUT2D eigenvalue weighted by Gasteiger charge is -2.10. The molecule has 0 aliphatic rings. The van der Waals surface area contributed by atoms with Crippen molar-refractivity contribution < 1.29 is 0 Å². The summed E-state index contributed by atoms with van der Waals surface area (Å²) >= 11 is 8.46. The molecule has 0 saturated heterocycles. The van der Waals surface area contributed by atoms with Gasteiger partial charge in [0.15, 0.2) is 0 Å². The van der Waals surface area contributed by atoms with Gasteiger partial charge in [-0.3, -0.25) is 0 Å². The highest BCUT2D eigenvalue weighted by Gasteiger charge is 2.25. The molecule has 0 fully saturated rings. The number of rotatable bonds is 4. The molecule has 1 atom stereocenters. The van der Waals surface area contributed by atoms with E-state index in [2.05, 4.69) is 113 Å².